The lowest BCUT2D eigenvalue weighted by Gasteiger charge is -2.14. The highest BCUT2D eigenvalue weighted by molar-refractivity contribution is 5.87. The minimum atomic E-state index is -0.553. The summed E-state index contributed by atoms with van der Waals surface area (Å²) in [5.41, 5.74) is 0.474. The van der Waals surface area contributed by atoms with Gasteiger partial charge in [0.05, 0.1) is 25.7 Å². The molecule has 0 saturated heterocycles. The average Bonchev–Trinajstić information content (AvgIpc) is 2.67. The maximum atomic E-state index is 11.5. The highest BCUT2D eigenvalue weighted by atomic mass is 16.6. The van der Waals surface area contributed by atoms with E-state index in [0.717, 1.165) is 6.20 Å². The second-order valence-electron chi connectivity index (χ2n) is 5.05. The van der Waals surface area contributed by atoms with Gasteiger partial charge in [0.15, 0.2) is 11.5 Å². The van der Waals surface area contributed by atoms with E-state index in [2.05, 4.69) is 4.98 Å². The van der Waals surface area contributed by atoms with Crippen LogP contribution >= 0.6 is 0 Å². The Morgan fingerprint density at radius 2 is 1.89 bits per heavy atom. The van der Waals surface area contributed by atoms with E-state index in [1.807, 2.05) is 0 Å². The van der Waals surface area contributed by atoms with E-state index in [-0.39, 0.29) is 23.9 Å². The van der Waals surface area contributed by atoms with Gasteiger partial charge in [-0.05, 0) is 30.7 Å². The number of nitrogens with zero attached hydrogens (tertiary/aromatic N) is 2. The first-order valence-corrected chi connectivity index (χ1v) is 7.87. The molecule has 2 aromatic rings. The van der Waals surface area contributed by atoms with Crippen LogP contribution in [-0.4, -0.2) is 36.7 Å². The zero-order valence-electron chi connectivity index (χ0n) is 15.0. The van der Waals surface area contributed by atoms with Crippen LogP contribution < -0.4 is 14.2 Å². The molecule has 0 amide bonds. The van der Waals surface area contributed by atoms with Crippen molar-refractivity contribution in [1.82, 2.24) is 4.98 Å². The summed E-state index contributed by atoms with van der Waals surface area (Å²) in [6.07, 6.45) is 3.93. The Labute approximate surface area is 155 Å². The third kappa shape index (κ3) is 5.18. The fourth-order valence-corrected chi connectivity index (χ4v) is 2.10. The summed E-state index contributed by atoms with van der Waals surface area (Å²) in [5.74, 6) is 0.573. The molecule has 1 aromatic carbocycles. The molecule has 0 atom stereocenters. The smallest absolute Gasteiger partial charge is 0.330 e. The van der Waals surface area contributed by atoms with Crippen molar-refractivity contribution >= 4 is 17.7 Å². The predicted octanol–water partition coefficient (Wildman–Crippen LogP) is 3.38. The molecule has 1 aromatic heterocycles. The molecule has 0 N–H and O–H groups in total. The molecule has 0 aliphatic rings. The molecule has 1 heterocycles. The van der Waals surface area contributed by atoms with E-state index in [1.54, 1.807) is 25.1 Å². The van der Waals surface area contributed by atoms with Gasteiger partial charge in [0.25, 0.3) is 5.69 Å². The number of esters is 1. The summed E-state index contributed by atoms with van der Waals surface area (Å²) in [7, 11) is 2.90. The van der Waals surface area contributed by atoms with Crippen LogP contribution in [0.15, 0.2) is 36.5 Å². The molecule has 0 spiro atoms. The van der Waals surface area contributed by atoms with Crippen LogP contribution in [0.4, 0.5) is 5.69 Å². The van der Waals surface area contributed by atoms with E-state index in [9.17, 15) is 14.9 Å². The first kappa shape index (κ1) is 19.7. The Hall–Kier alpha value is -3.62. The molecule has 0 aliphatic carbocycles. The first-order valence-electron chi connectivity index (χ1n) is 7.87. The maximum absolute atomic E-state index is 11.5. The molecule has 27 heavy (non-hydrogen) atoms. The van der Waals surface area contributed by atoms with Gasteiger partial charge in [0.1, 0.15) is 6.20 Å². The Bertz CT molecular complexity index is 822. The topological polar surface area (TPSA) is 110 Å². The second-order valence-corrected chi connectivity index (χ2v) is 5.05. The maximum Gasteiger partial charge on any atom is 0.330 e. The van der Waals surface area contributed by atoms with Gasteiger partial charge in [0.2, 0.25) is 11.6 Å². The van der Waals surface area contributed by atoms with E-state index in [4.69, 9.17) is 18.9 Å². The summed E-state index contributed by atoms with van der Waals surface area (Å²) < 4.78 is 21.2. The number of hydrogen-bond acceptors (Lipinski definition) is 8. The summed E-state index contributed by atoms with van der Waals surface area (Å²) in [6.45, 7) is 2.00. The molecule has 0 fully saturated rings. The van der Waals surface area contributed by atoms with Gasteiger partial charge in [-0.1, -0.05) is 0 Å². The number of aromatic nitrogens is 1. The monoisotopic (exact) mass is 374 g/mol. The molecule has 2 rings (SSSR count). The standard InChI is InChI=1S/C18H18N2O7/c1-4-26-17(21)8-5-12-9-14(24-2)18(15(10-12)25-3)27-16-7-6-13(11-19-16)20(22)23/h5-11H,4H2,1-3H3/b8-5+. The third-order valence-electron chi connectivity index (χ3n) is 3.32. The van der Waals surface area contributed by atoms with Gasteiger partial charge < -0.3 is 18.9 Å². The van der Waals surface area contributed by atoms with Gasteiger partial charge in [-0.25, -0.2) is 9.78 Å². The van der Waals surface area contributed by atoms with Crippen molar-refractivity contribution in [3.8, 4) is 23.1 Å². The van der Waals surface area contributed by atoms with Crippen LogP contribution in [0.1, 0.15) is 12.5 Å². The fourth-order valence-electron chi connectivity index (χ4n) is 2.10. The number of carbonyl (C=O) groups excluding carboxylic acids is 1. The zero-order chi connectivity index (χ0) is 19.8. The highest BCUT2D eigenvalue weighted by Crippen LogP contribution is 2.41. The molecule has 9 heteroatoms. The van der Waals surface area contributed by atoms with Gasteiger partial charge in [-0.15, -0.1) is 0 Å². The molecule has 9 nitrogen and oxygen atoms in total. The van der Waals surface area contributed by atoms with E-state index in [0.29, 0.717) is 17.1 Å². The van der Waals surface area contributed by atoms with Crippen molar-refractivity contribution in [2.75, 3.05) is 20.8 Å². The van der Waals surface area contributed by atoms with Crippen LogP contribution in [-0.2, 0) is 9.53 Å². The number of nitro groups is 1. The van der Waals surface area contributed by atoms with E-state index in [1.165, 1.54) is 32.4 Å². The molecular formula is C18H18N2O7. The number of ether oxygens (including phenoxy) is 4. The quantitative estimate of drug-likeness (QED) is 0.299. The van der Waals surface area contributed by atoms with Crippen molar-refractivity contribution in [1.29, 1.82) is 0 Å². The average molecular weight is 374 g/mol. The largest absolute Gasteiger partial charge is 0.493 e. The molecule has 0 saturated carbocycles. The molecule has 142 valence electrons. The van der Waals surface area contributed by atoms with Crippen LogP contribution in [0.25, 0.3) is 6.08 Å². The lowest BCUT2D eigenvalue weighted by atomic mass is 10.1. The number of pyridine rings is 1. The number of methoxy groups -OCH3 is 2. The van der Waals surface area contributed by atoms with Gasteiger partial charge in [-0.2, -0.15) is 0 Å². The number of benzene rings is 1. The van der Waals surface area contributed by atoms with Crippen molar-refractivity contribution in [2.45, 2.75) is 6.92 Å². The lowest BCUT2D eigenvalue weighted by Crippen LogP contribution is -1.99. The molecule has 0 bridgehead atoms. The molecule has 0 aliphatic heterocycles. The summed E-state index contributed by atoms with van der Waals surface area (Å²) in [6, 6.07) is 5.92. The Balaban J connectivity index is 2.32. The van der Waals surface area contributed by atoms with Crippen molar-refractivity contribution in [3.63, 3.8) is 0 Å². The van der Waals surface area contributed by atoms with Crippen molar-refractivity contribution < 1.29 is 28.7 Å². The fraction of sp³-hybridized carbons (Fsp3) is 0.222. The van der Waals surface area contributed by atoms with Crippen LogP contribution in [0, 0.1) is 10.1 Å². The summed E-state index contributed by atoms with van der Waals surface area (Å²) >= 11 is 0. The number of hydrogen-bond donors (Lipinski definition) is 0. The van der Waals surface area contributed by atoms with Gasteiger partial charge in [0, 0.05) is 18.2 Å². The normalized spacial score (nSPS) is 10.5. The van der Waals surface area contributed by atoms with Crippen LogP contribution in [0.5, 0.6) is 23.1 Å². The lowest BCUT2D eigenvalue weighted by molar-refractivity contribution is -0.385. The van der Waals surface area contributed by atoms with Gasteiger partial charge >= 0.3 is 5.97 Å². The van der Waals surface area contributed by atoms with Crippen molar-refractivity contribution in [2.24, 2.45) is 0 Å². The number of carbonyl (C=O) groups is 1. The van der Waals surface area contributed by atoms with Crippen LogP contribution in [0.3, 0.4) is 0 Å². The SMILES string of the molecule is CCOC(=O)/C=C/c1cc(OC)c(Oc2ccc([N+](=O)[O-])cn2)c(OC)c1. The second kappa shape index (κ2) is 9.18. The molecular weight excluding hydrogens is 356 g/mol. The van der Waals surface area contributed by atoms with Crippen molar-refractivity contribution in [3.05, 3.63) is 52.2 Å². The molecule has 0 unspecified atom stereocenters. The summed E-state index contributed by atoms with van der Waals surface area (Å²) in [4.78, 5) is 25.5. The Morgan fingerprint density at radius 1 is 1.22 bits per heavy atom. The minimum Gasteiger partial charge on any atom is -0.493 e. The Kier molecular flexibility index (Phi) is 6.70. The zero-order valence-corrected chi connectivity index (χ0v) is 15.0. The summed E-state index contributed by atoms with van der Waals surface area (Å²) in [5, 5.41) is 10.7. The highest BCUT2D eigenvalue weighted by Gasteiger charge is 2.16. The first-order chi connectivity index (χ1) is 13.0. The molecule has 0 radical (unpaired) electrons. The van der Waals surface area contributed by atoms with Gasteiger partial charge in [-0.3, -0.25) is 10.1 Å². The predicted molar refractivity (Wildman–Crippen MR) is 96.2 cm³/mol. The van der Waals surface area contributed by atoms with Crippen LogP contribution in [0.2, 0.25) is 0 Å². The third-order valence-corrected chi connectivity index (χ3v) is 3.32. The minimum absolute atomic E-state index is 0.131. The van der Waals surface area contributed by atoms with E-state index < -0.39 is 10.9 Å². The van der Waals surface area contributed by atoms with E-state index >= 15 is 0 Å². The Morgan fingerprint density at radius 3 is 2.37 bits per heavy atom. The number of rotatable bonds is 8.